The van der Waals surface area contributed by atoms with E-state index in [-0.39, 0.29) is 5.12 Å². The van der Waals surface area contributed by atoms with Gasteiger partial charge in [-0.2, -0.15) is 4.39 Å². The number of pyridine rings is 1. The zero-order valence-electron chi connectivity index (χ0n) is 9.37. The summed E-state index contributed by atoms with van der Waals surface area (Å²) in [6.45, 7) is 3.33. The Morgan fingerprint density at radius 3 is 2.94 bits per heavy atom. The molecule has 2 nitrogen and oxygen atoms in total. The molecule has 0 aliphatic heterocycles. The van der Waals surface area contributed by atoms with E-state index in [1.54, 1.807) is 19.9 Å². The fourth-order valence-corrected chi connectivity index (χ4v) is 1.74. The second kappa shape index (κ2) is 6.43. The molecule has 0 atom stereocenters. The maximum absolute atomic E-state index is 12.7. The SMILES string of the molecule is CC(=O)SCCC=Cc1ccc(F)nc1C. The number of hydrogen-bond donors (Lipinski definition) is 0. The minimum atomic E-state index is -0.457. The van der Waals surface area contributed by atoms with Crippen molar-refractivity contribution in [3.05, 3.63) is 35.4 Å². The Hall–Kier alpha value is -1.16. The van der Waals surface area contributed by atoms with Crippen molar-refractivity contribution in [3.63, 3.8) is 0 Å². The van der Waals surface area contributed by atoms with Gasteiger partial charge in [0.15, 0.2) is 5.12 Å². The number of allylic oxidation sites excluding steroid dienone is 1. The van der Waals surface area contributed by atoms with Crippen LogP contribution in [0.5, 0.6) is 0 Å². The number of aromatic nitrogens is 1. The minimum absolute atomic E-state index is 0.132. The Balaban J connectivity index is 2.47. The lowest BCUT2D eigenvalue weighted by Gasteiger charge is -1.98. The molecule has 1 heterocycles. The van der Waals surface area contributed by atoms with Crippen molar-refractivity contribution in [1.82, 2.24) is 4.98 Å². The smallest absolute Gasteiger partial charge is 0.213 e. The molecule has 1 aromatic heterocycles. The predicted octanol–water partition coefficient (Wildman–Crippen LogP) is 3.21. The number of thioether (sulfide) groups is 1. The van der Waals surface area contributed by atoms with Gasteiger partial charge in [-0.1, -0.05) is 23.9 Å². The molecule has 0 fully saturated rings. The van der Waals surface area contributed by atoms with Gasteiger partial charge in [-0.25, -0.2) is 4.98 Å². The van der Waals surface area contributed by atoms with Gasteiger partial charge in [0.2, 0.25) is 5.95 Å². The summed E-state index contributed by atoms with van der Waals surface area (Å²) in [7, 11) is 0. The van der Waals surface area contributed by atoms with Gasteiger partial charge >= 0.3 is 0 Å². The van der Waals surface area contributed by atoms with E-state index in [9.17, 15) is 9.18 Å². The van der Waals surface area contributed by atoms with Gasteiger partial charge in [-0.3, -0.25) is 4.79 Å². The number of carbonyl (C=O) groups is 1. The van der Waals surface area contributed by atoms with Crippen molar-refractivity contribution < 1.29 is 9.18 Å². The van der Waals surface area contributed by atoms with Gasteiger partial charge < -0.3 is 0 Å². The average Bonchev–Trinajstić information content (AvgIpc) is 2.20. The van der Waals surface area contributed by atoms with Gasteiger partial charge in [0.25, 0.3) is 0 Å². The summed E-state index contributed by atoms with van der Waals surface area (Å²) in [5.41, 5.74) is 1.59. The second-order valence-corrected chi connectivity index (χ2v) is 4.61. The van der Waals surface area contributed by atoms with Crippen LogP contribution in [-0.2, 0) is 4.79 Å². The molecular formula is C12H14FNOS. The highest BCUT2D eigenvalue weighted by Gasteiger charge is 1.97. The van der Waals surface area contributed by atoms with Crippen LogP contribution in [0.1, 0.15) is 24.6 Å². The molecule has 0 aromatic carbocycles. The van der Waals surface area contributed by atoms with Crippen LogP contribution < -0.4 is 0 Å². The van der Waals surface area contributed by atoms with Gasteiger partial charge in [-0.05, 0) is 31.0 Å². The highest BCUT2D eigenvalue weighted by Crippen LogP contribution is 2.10. The van der Waals surface area contributed by atoms with Crippen molar-refractivity contribution in [3.8, 4) is 0 Å². The number of aryl methyl sites for hydroxylation is 1. The van der Waals surface area contributed by atoms with E-state index in [0.717, 1.165) is 17.7 Å². The highest BCUT2D eigenvalue weighted by molar-refractivity contribution is 8.13. The van der Waals surface area contributed by atoms with Crippen molar-refractivity contribution in [1.29, 1.82) is 0 Å². The maximum Gasteiger partial charge on any atom is 0.213 e. The van der Waals surface area contributed by atoms with Gasteiger partial charge in [0, 0.05) is 18.4 Å². The van der Waals surface area contributed by atoms with E-state index in [2.05, 4.69) is 4.98 Å². The Labute approximate surface area is 99.0 Å². The van der Waals surface area contributed by atoms with Crippen LogP contribution in [-0.4, -0.2) is 15.9 Å². The predicted molar refractivity (Wildman–Crippen MR) is 65.7 cm³/mol. The highest BCUT2D eigenvalue weighted by atomic mass is 32.2. The first-order chi connectivity index (χ1) is 7.59. The zero-order valence-corrected chi connectivity index (χ0v) is 10.2. The van der Waals surface area contributed by atoms with E-state index in [4.69, 9.17) is 0 Å². The molecule has 16 heavy (non-hydrogen) atoms. The van der Waals surface area contributed by atoms with Crippen molar-refractivity contribution in [2.75, 3.05) is 5.75 Å². The maximum atomic E-state index is 12.7. The van der Waals surface area contributed by atoms with Crippen LogP contribution in [0.4, 0.5) is 4.39 Å². The Morgan fingerprint density at radius 2 is 2.31 bits per heavy atom. The number of hydrogen-bond acceptors (Lipinski definition) is 3. The summed E-state index contributed by atoms with van der Waals surface area (Å²) >= 11 is 1.31. The van der Waals surface area contributed by atoms with Crippen LogP contribution in [0, 0.1) is 12.9 Å². The number of nitrogens with zero attached hydrogens (tertiary/aromatic N) is 1. The summed E-state index contributed by atoms with van der Waals surface area (Å²) in [5, 5.41) is 0.132. The lowest BCUT2D eigenvalue weighted by atomic mass is 10.2. The summed E-state index contributed by atoms with van der Waals surface area (Å²) in [4.78, 5) is 14.4. The van der Waals surface area contributed by atoms with Crippen LogP contribution in [0.25, 0.3) is 6.08 Å². The van der Waals surface area contributed by atoms with E-state index in [1.165, 1.54) is 17.8 Å². The Bertz CT molecular complexity index is 404. The molecule has 0 saturated carbocycles. The fourth-order valence-electron chi connectivity index (χ4n) is 1.20. The van der Waals surface area contributed by atoms with E-state index in [1.807, 2.05) is 12.2 Å². The molecule has 0 unspecified atom stereocenters. The van der Waals surface area contributed by atoms with Gasteiger partial charge in [0.1, 0.15) is 0 Å². The first-order valence-corrected chi connectivity index (χ1v) is 6.01. The van der Waals surface area contributed by atoms with Crippen molar-refractivity contribution in [2.45, 2.75) is 20.3 Å². The molecule has 0 radical (unpaired) electrons. The molecule has 4 heteroatoms. The molecule has 0 saturated heterocycles. The van der Waals surface area contributed by atoms with Crippen LogP contribution >= 0.6 is 11.8 Å². The third-order valence-electron chi connectivity index (χ3n) is 1.98. The zero-order chi connectivity index (χ0) is 12.0. The number of rotatable bonds is 4. The topological polar surface area (TPSA) is 30.0 Å². The van der Waals surface area contributed by atoms with Crippen LogP contribution in [0.3, 0.4) is 0 Å². The Kier molecular flexibility index (Phi) is 5.19. The molecule has 0 aliphatic rings. The fraction of sp³-hybridized carbons (Fsp3) is 0.333. The first-order valence-electron chi connectivity index (χ1n) is 5.02. The van der Waals surface area contributed by atoms with Gasteiger partial charge in [-0.15, -0.1) is 0 Å². The summed E-state index contributed by atoms with van der Waals surface area (Å²) in [6, 6.07) is 3.04. The monoisotopic (exact) mass is 239 g/mol. The van der Waals surface area contributed by atoms with Crippen molar-refractivity contribution >= 4 is 23.0 Å². The molecule has 0 spiro atoms. The molecule has 0 amide bonds. The van der Waals surface area contributed by atoms with E-state index in [0.29, 0.717) is 5.69 Å². The number of carbonyl (C=O) groups excluding carboxylic acids is 1. The van der Waals surface area contributed by atoms with E-state index >= 15 is 0 Å². The minimum Gasteiger partial charge on any atom is -0.288 e. The second-order valence-electron chi connectivity index (χ2n) is 3.34. The summed E-state index contributed by atoms with van der Waals surface area (Å²) < 4.78 is 12.7. The number of halogens is 1. The summed E-state index contributed by atoms with van der Waals surface area (Å²) in [5.74, 6) is 0.321. The van der Waals surface area contributed by atoms with Gasteiger partial charge in [0.05, 0.1) is 0 Å². The third-order valence-corrected chi connectivity index (χ3v) is 2.83. The van der Waals surface area contributed by atoms with Crippen molar-refractivity contribution in [2.24, 2.45) is 0 Å². The Morgan fingerprint density at radius 1 is 1.56 bits per heavy atom. The molecular weight excluding hydrogens is 225 g/mol. The standard InChI is InChI=1S/C12H14FNOS/c1-9-11(6-7-12(13)14-9)5-3-4-8-16-10(2)15/h3,5-7H,4,8H2,1-2H3. The molecule has 86 valence electrons. The molecule has 1 aromatic rings. The average molecular weight is 239 g/mol. The third kappa shape index (κ3) is 4.57. The normalized spacial score (nSPS) is 10.9. The lowest BCUT2D eigenvalue weighted by Crippen LogP contribution is -1.89. The molecule has 0 aliphatic carbocycles. The quantitative estimate of drug-likeness (QED) is 0.597. The molecule has 0 bridgehead atoms. The largest absolute Gasteiger partial charge is 0.288 e. The van der Waals surface area contributed by atoms with E-state index < -0.39 is 5.95 Å². The first kappa shape index (κ1) is 12.9. The van der Waals surface area contributed by atoms with Crippen LogP contribution in [0.2, 0.25) is 0 Å². The summed E-state index contributed by atoms with van der Waals surface area (Å²) in [6.07, 6.45) is 4.70. The molecule has 1 rings (SSSR count). The lowest BCUT2D eigenvalue weighted by molar-refractivity contribution is -0.109. The van der Waals surface area contributed by atoms with Crippen LogP contribution in [0.15, 0.2) is 18.2 Å². The molecule has 0 N–H and O–H groups in total.